The molecule has 0 aliphatic carbocycles. The highest BCUT2D eigenvalue weighted by molar-refractivity contribution is 5.84. The molecule has 0 aliphatic rings. The molecule has 0 saturated carbocycles. The normalized spacial score (nSPS) is 11.9. The summed E-state index contributed by atoms with van der Waals surface area (Å²) in [6.45, 7) is 11.1. The standard InChI is InChI=1S/C15H22N2/c1-6-12-7-15-13(8-16-12)14(10(2)3)9-17(15)11(4)5/h7-11H,6H2,1-5H3. The van der Waals surface area contributed by atoms with Crippen molar-refractivity contribution >= 4 is 10.9 Å². The monoisotopic (exact) mass is 230 g/mol. The summed E-state index contributed by atoms with van der Waals surface area (Å²) in [5.41, 5.74) is 3.91. The molecule has 92 valence electrons. The van der Waals surface area contributed by atoms with Crippen molar-refractivity contribution in [2.45, 2.75) is 53.0 Å². The lowest BCUT2D eigenvalue weighted by Gasteiger charge is -2.09. The topological polar surface area (TPSA) is 17.8 Å². The number of hydrogen-bond acceptors (Lipinski definition) is 1. The maximum absolute atomic E-state index is 4.53. The highest BCUT2D eigenvalue weighted by atomic mass is 15.0. The Morgan fingerprint density at radius 3 is 2.47 bits per heavy atom. The van der Waals surface area contributed by atoms with Crippen LogP contribution in [0.15, 0.2) is 18.5 Å². The molecule has 2 heterocycles. The van der Waals surface area contributed by atoms with Crippen LogP contribution in [0.4, 0.5) is 0 Å². The lowest BCUT2D eigenvalue weighted by molar-refractivity contribution is 0.619. The minimum atomic E-state index is 0.497. The van der Waals surface area contributed by atoms with Crippen LogP contribution < -0.4 is 0 Å². The fourth-order valence-electron chi connectivity index (χ4n) is 2.29. The maximum Gasteiger partial charge on any atom is 0.0519 e. The zero-order valence-corrected chi connectivity index (χ0v) is 11.5. The molecule has 0 bridgehead atoms. The molecular weight excluding hydrogens is 208 g/mol. The number of rotatable bonds is 3. The van der Waals surface area contributed by atoms with Crippen molar-refractivity contribution in [2.24, 2.45) is 0 Å². The van der Waals surface area contributed by atoms with E-state index in [1.807, 2.05) is 6.20 Å². The lowest BCUT2D eigenvalue weighted by Crippen LogP contribution is -1.99. The van der Waals surface area contributed by atoms with Gasteiger partial charge in [0.1, 0.15) is 0 Å². The summed E-state index contributed by atoms with van der Waals surface area (Å²) in [6, 6.07) is 2.73. The van der Waals surface area contributed by atoms with Gasteiger partial charge >= 0.3 is 0 Å². The van der Waals surface area contributed by atoms with Crippen molar-refractivity contribution in [1.82, 2.24) is 9.55 Å². The molecular formula is C15H22N2. The Labute approximate surface area is 104 Å². The van der Waals surface area contributed by atoms with E-state index in [0.29, 0.717) is 12.0 Å². The van der Waals surface area contributed by atoms with Crippen molar-refractivity contribution in [2.75, 3.05) is 0 Å². The molecule has 0 unspecified atom stereocenters. The van der Waals surface area contributed by atoms with Gasteiger partial charge < -0.3 is 4.57 Å². The van der Waals surface area contributed by atoms with E-state index >= 15 is 0 Å². The molecule has 2 rings (SSSR count). The van der Waals surface area contributed by atoms with Crippen LogP contribution in [-0.4, -0.2) is 9.55 Å². The zero-order valence-electron chi connectivity index (χ0n) is 11.5. The maximum atomic E-state index is 4.53. The first-order chi connectivity index (χ1) is 8.04. The number of pyridine rings is 1. The van der Waals surface area contributed by atoms with Gasteiger partial charge in [-0.1, -0.05) is 20.8 Å². The molecule has 0 fully saturated rings. The molecule has 0 atom stereocenters. The summed E-state index contributed by atoms with van der Waals surface area (Å²) in [5, 5.41) is 1.31. The van der Waals surface area contributed by atoms with E-state index in [-0.39, 0.29) is 0 Å². The minimum Gasteiger partial charge on any atom is -0.345 e. The van der Waals surface area contributed by atoms with Gasteiger partial charge in [-0.2, -0.15) is 0 Å². The van der Waals surface area contributed by atoms with Gasteiger partial charge in [-0.15, -0.1) is 0 Å². The smallest absolute Gasteiger partial charge is 0.0519 e. The van der Waals surface area contributed by atoms with E-state index in [9.17, 15) is 0 Å². The van der Waals surface area contributed by atoms with E-state index in [0.717, 1.165) is 6.42 Å². The highest BCUT2D eigenvalue weighted by Crippen LogP contribution is 2.29. The van der Waals surface area contributed by atoms with Crippen LogP contribution in [0.25, 0.3) is 10.9 Å². The molecule has 2 heteroatoms. The Bertz CT molecular complexity index is 521. The number of fused-ring (bicyclic) bond motifs is 1. The third kappa shape index (κ3) is 2.08. The van der Waals surface area contributed by atoms with Crippen LogP contribution in [0.3, 0.4) is 0 Å². The van der Waals surface area contributed by atoms with Crippen molar-refractivity contribution in [3.63, 3.8) is 0 Å². The zero-order chi connectivity index (χ0) is 12.6. The van der Waals surface area contributed by atoms with Crippen LogP contribution in [0.2, 0.25) is 0 Å². The van der Waals surface area contributed by atoms with Gasteiger partial charge in [0, 0.05) is 29.5 Å². The van der Waals surface area contributed by atoms with E-state index in [4.69, 9.17) is 0 Å². The predicted molar refractivity (Wildman–Crippen MR) is 73.6 cm³/mol. The van der Waals surface area contributed by atoms with E-state index < -0.39 is 0 Å². The summed E-state index contributed by atoms with van der Waals surface area (Å²) >= 11 is 0. The molecule has 2 nitrogen and oxygen atoms in total. The van der Waals surface area contributed by atoms with Gasteiger partial charge in [0.25, 0.3) is 0 Å². The molecule has 0 N–H and O–H groups in total. The first kappa shape index (κ1) is 12.2. The molecule has 2 aromatic rings. The Kier molecular flexibility index (Phi) is 3.23. The van der Waals surface area contributed by atoms with E-state index in [1.165, 1.54) is 22.2 Å². The largest absolute Gasteiger partial charge is 0.345 e. The van der Waals surface area contributed by atoms with Gasteiger partial charge in [-0.05, 0) is 37.8 Å². The second-order valence-corrected chi connectivity index (χ2v) is 5.29. The molecule has 0 amide bonds. The van der Waals surface area contributed by atoms with Gasteiger partial charge in [-0.3, -0.25) is 4.98 Å². The fourth-order valence-corrected chi connectivity index (χ4v) is 2.29. The molecule has 2 aromatic heterocycles. The Morgan fingerprint density at radius 1 is 1.24 bits per heavy atom. The van der Waals surface area contributed by atoms with Crippen molar-refractivity contribution in [1.29, 1.82) is 0 Å². The molecule has 17 heavy (non-hydrogen) atoms. The summed E-state index contributed by atoms with van der Waals surface area (Å²) in [6.07, 6.45) is 5.33. The van der Waals surface area contributed by atoms with E-state index in [2.05, 4.69) is 56.4 Å². The van der Waals surface area contributed by atoms with Gasteiger partial charge in [0.15, 0.2) is 0 Å². The average Bonchev–Trinajstić information content (AvgIpc) is 2.67. The Balaban J connectivity index is 2.72. The molecule has 0 spiro atoms. The highest BCUT2D eigenvalue weighted by Gasteiger charge is 2.13. The summed E-state index contributed by atoms with van der Waals surface area (Å²) in [5.74, 6) is 0.548. The second-order valence-electron chi connectivity index (χ2n) is 5.29. The predicted octanol–water partition coefficient (Wildman–Crippen LogP) is 4.30. The summed E-state index contributed by atoms with van der Waals surface area (Å²) in [7, 11) is 0. The van der Waals surface area contributed by atoms with Crippen molar-refractivity contribution in [3.05, 3.63) is 29.7 Å². The van der Waals surface area contributed by atoms with Crippen LogP contribution in [0.1, 0.15) is 57.8 Å². The van der Waals surface area contributed by atoms with Crippen LogP contribution in [-0.2, 0) is 6.42 Å². The quantitative estimate of drug-likeness (QED) is 0.768. The first-order valence-corrected chi connectivity index (χ1v) is 6.54. The van der Waals surface area contributed by atoms with E-state index in [1.54, 1.807) is 0 Å². The molecule has 0 radical (unpaired) electrons. The van der Waals surface area contributed by atoms with Gasteiger partial charge in [-0.25, -0.2) is 0 Å². The molecule has 0 saturated heterocycles. The first-order valence-electron chi connectivity index (χ1n) is 6.54. The van der Waals surface area contributed by atoms with Gasteiger partial charge in [0.05, 0.1) is 5.52 Å². The lowest BCUT2D eigenvalue weighted by atomic mass is 10.0. The summed E-state index contributed by atoms with van der Waals surface area (Å²) in [4.78, 5) is 4.53. The van der Waals surface area contributed by atoms with Crippen LogP contribution in [0, 0.1) is 0 Å². The third-order valence-electron chi connectivity index (χ3n) is 3.35. The molecule has 0 aromatic carbocycles. The summed E-state index contributed by atoms with van der Waals surface area (Å²) < 4.78 is 2.37. The van der Waals surface area contributed by atoms with Crippen LogP contribution in [0.5, 0.6) is 0 Å². The third-order valence-corrected chi connectivity index (χ3v) is 3.35. The SMILES string of the molecule is CCc1cc2c(cn1)c(C(C)C)cn2C(C)C. The van der Waals surface area contributed by atoms with Crippen molar-refractivity contribution < 1.29 is 0 Å². The molecule has 0 aliphatic heterocycles. The number of hydrogen-bond donors (Lipinski definition) is 0. The average molecular weight is 230 g/mol. The second kappa shape index (κ2) is 4.52. The number of aryl methyl sites for hydroxylation is 1. The van der Waals surface area contributed by atoms with Crippen molar-refractivity contribution in [3.8, 4) is 0 Å². The minimum absolute atomic E-state index is 0.497. The fraction of sp³-hybridized carbons (Fsp3) is 0.533. The number of nitrogens with zero attached hydrogens (tertiary/aromatic N) is 2. The Morgan fingerprint density at radius 2 is 1.94 bits per heavy atom. The number of aromatic nitrogens is 2. The van der Waals surface area contributed by atoms with Gasteiger partial charge in [0.2, 0.25) is 0 Å². The van der Waals surface area contributed by atoms with Crippen LogP contribution >= 0.6 is 0 Å². The Hall–Kier alpha value is -1.31.